The van der Waals surface area contributed by atoms with Crippen molar-refractivity contribution in [1.82, 2.24) is 9.97 Å². The molecule has 3 rings (SSSR count). The lowest BCUT2D eigenvalue weighted by Crippen LogP contribution is -2.28. The molecular weight excluding hydrogens is 330 g/mol. The van der Waals surface area contributed by atoms with E-state index in [2.05, 4.69) is 15.3 Å². The van der Waals surface area contributed by atoms with Crippen molar-refractivity contribution in [3.8, 4) is 5.75 Å². The van der Waals surface area contributed by atoms with Gasteiger partial charge < -0.3 is 19.9 Å². The van der Waals surface area contributed by atoms with Crippen LogP contribution < -0.4 is 10.1 Å². The van der Waals surface area contributed by atoms with E-state index in [0.717, 1.165) is 48.8 Å². The van der Waals surface area contributed by atoms with E-state index in [1.807, 2.05) is 38.2 Å². The van der Waals surface area contributed by atoms with Gasteiger partial charge >= 0.3 is 0 Å². The molecule has 1 aliphatic carbocycles. The van der Waals surface area contributed by atoms with E-state index in [9.17, 15) is 5.11 Å². The number of methoxy groups -OCH3 is 1. The number of hydrogen-bond donors (Lipinski definition) is 2. The molecule has 1 fully saturated rings. The molecular formula is C20H29N3O3. The SMILES string of the molecule is COC(C)(C)CCOc1cccc2cnc(NC3CCC(O)CC3)nc12. The van der Waals surface area contributed by atoms with E-state index in [-0.39, 0.29) is 11.7 Å². The Hall–Kier alpha value is -1.92. The van der Waals surface area contributed by atoms with Gasteiger partial charge in [0.2, 0.25) is 5.95 Å². The smallest absolute Gasteiger partial charge is 0.223 e. The Kier molecular flexibility index (Phi) is 5.94. The maximum absolute atomic E-state index is 9.64. The standard InChI is InChI=1S/C20H29N3O3/c1-20(2,25-3)11-12-26-17-6-4-5-14-13-21-19(23-18(14)17)22-15-7-9-16(24)10-8-15/h4-6,13,15-16,24H,7-12H2,1-3H3,(H,21,22,23). The maximum atomic E-state index is 9.64. The Labute approximate surface area is 154 Å². The van der Waals surface area contributed by atoms with Crippen LogP contribution in [-0.4, -0.2) is 46.5 Å². The number of anilines is 1. The van der Waals surface area contributed by atoms with Gasteiger partial charge in [-0.05, 0) is 45.6 Å². The number of aromatic nitrogens is 2. The average Bonchev–Trinajstić information content (AvgIpc) is 2.64. The average molecular weight is 359 g/mol. The summed E-state index contributed by atoms with van der Waals surface area (Å²) in [7, 11) is 1.72. The largest absolute Gasteiger partial charge is 0.491 e. The fraction of sp³-hybridized carbons (Fsp3) is 0.600. The minimum Gasteiger partial charge on any atom is -0.491 e. The molecule has 6 nitrogen and oxygen atoms in total. The van der Waals surface area contributed by atoms with Crippen molar-refractivity contribution in [2.24, 2.45) is 0 Å². The second kappa shape index (κ2) is 8.18. The lowest BCUT2D eigenvalue weighted by atomic mass is 9.93. The second-order valence-electron chi connectivity index (χ2n) is 7.60. The van der Waals surface area contributed by atoms with E-state index in [1.54, 1.807) is 7.11 Å². The predicted molar refractivity (Wildman–Crippen MR) is 103 cm³/mol. The zero-order valence-corrected chi connectivity index (χ0v) is 15.9. The fourth-order valence-electron chi connectivity index (χ4n) is 3.13. The maximum Gasteiger partial charge on any atom is 0.223 e. The van der Waals surface area contributed by atoms with Crippen molar-refractivity contribution >= 4 is 16.9 Å². The van der Waals surface area contributed by atoms with Gasteiger partial charge in [-0.2, -0.15) is 0 Å². The molecule has 26 heavy (non-hydrogen) atoms. The number of aliphatic hydroxyl groups excluding tert-OH is 1. The van der Waals surface area contributed by atoms with Gasteiger partial charge in [-0.1, -0.05) is 12.1 Å². The lowest BCUT2D eigenvalue weighted by Gasteiger charge is -2.26. The van der Waals surface area contributed by atoms with Crippen molar-refractivity contribution in [2.45, 2.75) is 63.7 Å². The number of hydrogen-bond acceptors (Lipinski definition) is 6. The van der Waals surface area contributed by atoms with Crippen LogP contribution in [0, 0.1) is 0 Å². The molecule has 6 heteroatoms. The summed E-state index contributed by atoms with van der Waals surface area (Å²) >= 11 is 0. The number of nitrogens with zero attached hydrogens (tertiary/aromatic N) is 2. The molecule has 0 bridgehead atoms. The number of nitrogens with one attached hydrogen (secondary N) is 1. The number of benzene rings is 1. The Morgan fingerprint density at radius 2 is 2.00 bits per heavy atom. The van der Waals surface area contributed by atoms with Gasteiger partial charge in [0.15, 0.2) is 0 Å². The normalized spacial score (nSPS) is 20.9. The highest BCUT2D eigenvalue weighted by molar-refractivity contribution is 5.84. The highest BCUT2D eigenvalue weighted by Crippen LogP contribution is 2.26. The van der Waals surface area contributed by atoms with Gasteiger partial charge in [-0.25, -0.2) is 9.97 Å². The molecule has 1 aliphatic rings. The molecule has 0 aliphatic heterocycles. The third-order valence-corrected chi connectivity index (χ3v) is 5.12. The Balaban J connectivity index is 1.71. The third kappa shape index (κ3) is 4.83. The topological polar surface area (TPSA) is 76.5 Å². The summed E-state index contributed by atoms with van der Waals surface area (Å²) in [4.78, 5) is 9.12. The first-order chi connectivity index (χ1) is 12.5. The number of fused-ring (bicyclic) bond motifs is 1. The minimum absolute atomic E-state index is 0.165. The fourth-order valence-corrected chi connectivity index (χ4v) is 3.13. The molecule has 0 unspecified atom stereocenters. The summed E-state index contributed by atoms with van der Waals surface area (Å²) in [6.07, 6.45) is 5.99. The minimum atomic E-state index is -0.210. The van der Waals surface area contributed by atoms with Gasteiger partial charge in [-0.3, -0.25) is 0 Å². The predicted octanol–water partition coefficient (Wildman–Crippen LogP) is 3.54. The van der Waals surface area contributed by atoms with Crippen molar-refractivity contribution in [3.05, 3.63) is 24.4 Å². The van der Waals surface area contributed by atoms with Crippen molar-refractivity contribution in [3.63, 3.8) is 0 Å². The number of rotatable bonds is 7. The summed E-state index contributed by atoms with van der Waals surface area (Å²) in [5.41, 5.74) is 0.605. The van der Waals surface area contributed by atoms with E-state index < -0.39 is 0 Å². The number of ether oxygens (including phenoxy) is 2. The van der Waals surface area contributed by atoms with Crippen LogP contribution in [0.2, 0.25) is 0 Å². The summed E-state index contributed by atoms with van der Waals surface area (Å²) < 4.78 is 11.4. The van der Waals surface area contributed by atoms with E-state index in [4.69, 9.17) is 9.47 Å². The third-order valence-electron chi connectivity index (χ3n) is 5.12. The van der Waals surface area contributed by atoms with Crippen LogP contribution in [0.5, 0.6) is 5.75 Å². The summed E-state index contributed by atoms with van der Waals surface area (Å²) in [5.74, 6) is 1.38. The van der Waals surface area contributed by atoms with Crippen molar-refractivity contribution in [1.29, 1.82) is 0 Å². The molecule has 2 aromatic rings. The first-order valence-electron chi connectivity index (χ1n) is 9.35. The van der Waals surface area contributed by atoms with Crippen LogP contribution in [0.15, 0.2) is 24.4 Å². The molecule has 0 saturated heterocycles. The molecule has 1 heterocycles. The van der Waals surface area contributed by atoms with Crippen LogP contribution in [0.3, 0.4) is 0 Å². The summed E-state index contributed by atoms with van der Waals surface area (Å²) in [6, 6.07) is 6.20. The summed E-state index contributed by atoms with van der Waals surface area (Å²) in [6.45, 7) is 4.66. The van der Waals surface area contributed by atoms with E-state index >= 15 is 0 Å². The van der Waals surface area contributed by atoms with Gasteiger partial charge in [0.05, 0.1) is 18.3 Å². The molecule has 1 aromatic carbocycles. The Morgan fingerprint density at radius 3 is 2.73 bits per heavy atom. The van der Waals surface area contributed by atoms with Crippen LogP contribution in [0.4, 0.5) is 5.95 Å². The molecule has 1 saturated carbocycles. The Bertz CT molecular complexity index is 727. The molecule has 0 amide bonds. The molecule has 1 aromatic heterocycles. The molecule has 0 atom stereocenters. The van der Waals surface area contributed by atoms with Crippen LogP contribution in [0.1, 0.15) is 46.0 Å². The highest BCUT2D eigenvalue weighted by atomic mass is 16.5. The van der Waals surface area contributed by atoms with Crippen LogP contribution in [0.25, 0.3) is 10.9 Å². The number of aliphatic hydroxyl groups is 1. The number of para-hydroxylation sites is 1. The molecule has 142 valence electrons. The monoisotopic (exact) mass is 359 g/mol. The molecule has 2 N–H and O–H groups in total. The van der Waals surface area contributed by atoms with Gasteiger partial charge in [0, 0.05) is 31.2 Å². The van der Waals surface area contributed by atoms with Crippen LogP contribution in [-0.2, 0) is 4.74 Å². The molecule has 0 spiro atoms. The van der Waals surface area contributed by atoms with Crippen molar-refractivity contribution in [2.75, 3.05) is 19.0 Å². The van der Waals surface area contributed by atoms with Gasteiger partial charge in [0.25, 0.3) is 0 Å². The zero-order valence-electron chi connectivity index (χ0n) is 15.9. The van der Waals surface area contributed by atoms with E-state index in [0.29, 0.717) is 18.6 Å². The van der Waals surface area contributed by atoms with E-state index in [1.165, 1.54) is 0 Å². The summed E-state index contributed by atoms with van der Waals surface area (Å²) in [5, 5.41) is 14.0. The molecule has 0 radical (unpaired) electrons. The Morgan fingerprint density at radius 1 is 1.23 bits per heavy atom. The quantitative estimate of drug-likeness (QED) is 0.787. The van der Waals surface area contributed by atoms with Gasteiger partial charge in [-0.15, -0.1) is 0 Å². The highest BCUT2D eigenvalue weighted by Gasteiger charge is 2.20. The first kappa shape index (κ1) is 18.9. The zero-order chi connectivity index (χ0) is 18.6. The second-order valence-corrected chi connectivity index (χ2v) is 7.60. The van der Waals surface area contributed by atoms with Crippen LogP contribution >= 0.6 is 0 Å². The lowest BCUT2D eigenvalue weighted by molar-refractivity contribution is 0.00556. The van der Waals surface area contributed by atoms with Gasteiger partial charge in [0.1, 0.15) is 11.3 Å². The first-order valence-corrected chi connectivity index (χ1v) is 9.35. The van der Waals surface area contributed by atoms with Crippen molar-refractivity contribution < 1.29 is 14.6 Å².